The van der Waals surface area contributed by atoms with Crippen molar-refractivity contribution in [3.63, 3.8) is 0 Å². The zero-order valence-electron chi connectivity index (χ0n) is 12.7. The lowest BCUT2D eigenvalue weighted by atomic mass is 9.96. The molecule has 0 aromatic heterocycles. The molecule has 108 valence electrons. The van der Waals surface area contributed by atoms with E-state index in [0.29, 0.717) is 25.7 Å². The largest absolute Gasteiger partial charge is 0.460 e. The second-order valence-corrected chi connectivity index (χ2v) is 6.04. The lowest BCUT2D eigenvalue weighted by molar-refractivity contribution is -0.157. The zero-order chi connectivity index (χ0) is 14.2. The molecule has 1 unspecified atom stereocenters. The van der Waals surface area contributed by atoms with Crippen molar-refractivity contribution in [3.05, 3.63) is 0 Å². The van der Waals surface area contributed by atoms with E-state index in [2.05, 4.69) is 6.92 Å². The van der Waals surface area contributed by atoms with Crippen LogP contribution >= 0.6 is 0 Å². The SMILES string of the molecule is CCCCC(C)(C)OC(=O)CCCC(C)(O)CC. The summed E-state index contributed by atoms with van der Waals surface area (Å²) in [5.74, 6) is -0.150. The van der Waals surface area contributed by atoms with E-state index in [-0.39, 0.29) is 11.6 Å². The molecule has 0 aliphatic heterocycles. The monoisotopic (exact) mass is 258 g/mol. The van der Waals surface area contributed by atoms with Crippen LogP contribution in [0.25, 0.3) is 0 Å². The van der Waals surface area contributed by atoms with E-state index in [1.165, 1.54) is 0 Å². The van der Waals surface area contributed by atoms with E-state index >= 15 is 0 Å². The van der Waals surface area contributed by atoms with Gasteiger partial charge in [0.1, 0.15) is 5.60 Å². The topological polar surface area (TPSA) is 46.5 Å². The van der Waals surface area contributed by atoms with Crippen LogP contribution in [0.2, 0.25) is 0 Å². The minimum atomic E-state index is -0.655. The summed E-state index contributed by atoms with van der Waals surface area (Å²) in [6, 6.07) is 0. The molecule has 0 aromatic rings. The van der Waals surface area contributed by atoms with Crippen LogP contribution < -0.4 is 0 Å². The molecule has 3 heteroatoms. The molecule has 1 N–H and O–H groups in total. The lowest BCUT2D eigenvalue weighted by Crippen LogP contribution is -2.28. The Hall–Kier alpha value is -0.570. The number of ether oxygens (including phenoxy) is 1. The molecular weight excluding hydrogens is 228 g/mol. The number of hydrogen-bond acceptors (Lipinski definition) is 3. The molecule has 1 atom stereocenters. The van der Waals surface area contributed by atoms with Gasteiger partial charge in [0.15, 0.2) is 0 Å². The quantitative estimate of drug-likeness (QED) is 0.639. The Morgan fingerprint density at radius 1 is 1.11 bits per heavy atom. The standard InChI is InChI=1S/C15H30O3/c1-6-8-11-14(3,4)18-13(16)10-9-12-15(5,17)7-2/h17H,6-12H2,1-5H3. The van der Waals surface area contributed by atoms with Gasteiger partial charge >= 0.3 is 5.97 Å². The molecule has 18 heavy (non-hydrogen) atoms. The molecule has 0 aliphatic rings. The van der Waals surface area contributed by atoms with Gasteiger partial charge in [-0.25, -0.2) is 0 Å². The van der Waals surface area contributed by atoms with Crippen molar-refractivity contribution in [1.29, 1.82) is 0 Å². The minimum absolute atomic E-state index is 0.150. The average molecular weight is 258 g/mol. The number of hydrogen-bond donors (Lipinski definition) is 1. The second-order valence-electron chi connectivity index (χ2n) is 6.04. The van der Waals surface area contributed by atoms with Gasteiger partial charge in [0.05, 0.1) is 5.60 Å². The first kappa shape index (κ1) is 17.4. The van der Waals surface area contributed by atoms with Crippen LogP contribution in [-0.2, 0) is 9.53 Å². The van der Waals surface area contributed by atoms with E-state index in [1.807, 2.05) is 27.7 Å². The van der Waals surface area contributed by atoms with E-state index in [9.17, 15) is 9.90 Å². The molecule has 0 radical (unpaired) electrons. The van der Waals surface area contributed by atoms with Crippen LogP contribution in [0.5, 0.6) is 0 Å². The molecule has 0 bridgehead atoms. The number of carbonyl (C=O) groups is 1. The molecule has 0 aliphatic carbocycles. The van der Waals surface area contributed by atoms with Gasteiger partial charge < -0.3 is 9.84 Å². The Labute approximate surface area is 112 Å². The van der Waals surface area contributed by atoms with Crippen LogP contribution in [0.15, 0.2) is 0 Å². The smallest absolute Gasteiger partial charge is 0.306 e. The summed E-state index contributed by atoms with van der Waals surface area (Å²) < 4.78 is 5.47. The fraction of sp³-hybridized carbons (Fsp3) is 0.933. The van der Waals surface area contributed by atoms with Gasteiger partial charge in [-0.2, -0.15) is 0 Å². The highest BCUT2D eigenvalue weighted by molar-refractivity contribution is 5.69. The highest BCUT2D eigenvalue weighted by Gasteiger charge is 2.23. The van der Waals surface area contributed by atoms with Crippen molar-refractivity contribution >= 4 is 5.97 Å². The molecule has 0 rings (SSSR count). The fourth-order valence-corrected chi connectivity index (χ4v) is 1.80. The first-order valence-corrected chi connectivity index (χ1v) is 7.16. The summed E-state index contributed by atoms with van der Waals surface area (Å²) >= 11 is 0. The highest BCUT2D eigenvalue weighted by atomic mass is 16.6. The van der Waals surface area contributed by atoms with Crippen molar-refractivity contribution in [1.82, 2.24) is 0 Å². The van der Waals surface area contributed by atoms with Crippen molar-refractivity contribution in [2.45, 2.75) is 90.8 Å². The van der Waals surface area contributed by atoms with E-state index in [4.69, 9.17) is 4.74 Å². The fourth-order valence-electron chi connectivity index (χ4n) is 1.80. The zero-order valence-corrected chi connectivity index (χ0v) is 12.7. The molecule has 0 aromatic carbocycles. The lowest BCUT2D eigenvalue weighted by Gasteiger charge is -2.25. The minimum Gasteiger partial charge on any atom is -0.460 e. The van der Waals surface area contributed by atoms with Crippen LogP contribution in [0.3, 0.4) is 0 Å². The second kappa shape index (κ2) is 7.78. The third kappa shape index (κ3) is 8.51. The predicted molar refractivity (Wildman–Crippen MR) is 74.5 cm³/mol. The maximum atomic E-state index is 11.7. The van der Waals surface area contributed by atoms with Gasteiger partial charge in [0.2, 0.25) is 0 Å². The maximum Gasteiger partial charge on any atom is 0.306 e. The third-order valence-corrected chi connectivity index (χ3v) is 3.38. The summed E-state index contributed by atoms with van der Waals surface area (Å²) in [5.41, 5.74) is -1.02. The van der Waals surface area contributed by atoms with E-state index in [0.717, 1.165) is 19.3 Å². The van der Waals surface area contributed by atoms with Crippen LogP contribution in [0.4, 0.5) is 0 Å². The number of carbonyl (C=O) groups excluding carboxylic acids is 1. The van der Waals surface area contributed by atoms with Crippen LogP contribution in [-0.4, -0.2) is 22.3 Å². The molecule has 3 nitrogen and oxygen atoms in total. The van der Waals surface area contributed by atoms with Gasteiger partial charge in [-0.1, -0.05) is 20.3 Å². The van der Waals surface area contributed by atoms with Crippen molar-refractivity contribution in [3.8, 4) is 0 Å². The van der Waals surface area contributed by atoms with Crippen LogP contribution in [0, 0.1) is 0 Å². The predicted octanol–water partition coefficient (Wildman–Crippen LogP) is 3.83. The third-order valence-electron chi connectivity index (χ3n) is 3.38. The average Bonchev–Trinajstić information content (AvgIpc) is 2.25. The molecule has 0 heterocycles. The number of aliphatic hydroxyl groups is 1. The molecular formula is C15H30O3. The summed E-state index contributed by atoms with van der Waals surface area (Å²) in [5, 5.41) is 9.83. The summed E-state index contributed by atoms with van der Waals surface area (Å²) in [6.45, 7) is 9.81. The Morgan fingerprint density at radius 2 is 1.72 bits per heavy atom. The van der Waals surface area contributed by atoms with Gasteiger partial charge in [0.25, 0.3) is 0 Å². The Morgan fingerprint density at radius 3 is 2.22 bits per heavy atom. The Balaban J connectivity index is 3.90. The van der Waals surface area contributed by atoms with Gasteiger partial charge in [-0.05, 0) is 52.9 Å². The first-order valence-electron chi connectivity index (χ1n) is 7.16. The normalized spacial score (nSPS) is 15.2. The molecule has 0 saturated carbocycles. The van der Waals surface area contributed by atoms with E-state index in [1.54, 1.807) is 0 Å². The summed E-state index contributed by atoms with van der Waals surface area (Å²) in [7, 11) is 0. The maximum absolute atomic E-state index is 11.7. The van der Waals surface area contributed by atoms with Gasteiger partial charge in [-0.3, -0.25) is 4.79 Å². The molecule has 0 amide bonds. The number of rotatable bonds is 9. The molecule has 0 fully saturated rings. The van der Waals surface area contributed by atoms with Crippen molar-refractivity contribution in [2.75, 3.05) is 0 Å². The highest BCUT2D eigenvalue weighted by Crippen LogP contribution is 2.21. The van der Waals surface area contributed by atoms with Gasteiger partial charge in [-0.15, -0.1) is 0 Å². The van der Waals surface area contributed by atoms with Gasteiger partial charge in [0, 0.05) is 6.42 Å². The summed E-state index contributed by atoms with van der Waals surface area (Å²) in [6.07, 6.45) is 5.53. The molecule has 0 spiro atoms. The number of esters is 1. The summed E-state index contributed by atoms with van der Waals surface area (Å²) in [4.78, 5) is 11.7. The van der Waals surface area contributed by atoms with E-state index < -0.39 is 5.60 Å². The molecule has 0 saturated heterocycles. The Kier molecular flexibility index (Phi) is 7.53. The number of unbranched alkanes of at least 4 members (excludes halogenated alkanes) is 1. The van der Waals surface area contributed by atoms with Crippen molar-refractivity contribution in [2.24, 2.45) is 0 Å². The first-order chi connectivity index (χ1) is 8.22. The Bertz CT molecular complexity index is 244. The van der Waals surface area contributed by atoms with Crippen LogP contribution in [0.1, 0.15) is 79.6 Å². The van der Waals surface area contributed by atoms with Crippen molar-refractivity contribution < 1.29 is 14.6 Å².